The molecule has 0 saturated heterocycles. The Bertz CT molecular complexity index is 1260. The van der Waals surface area contributed by atoms with Crippen molar-refractivity contribution in [2.75, 3.05) is 0 Å². The summed E-state index contributed by atoms with van der Waals surface area (Å²) in [4.78, 5) is 26.6. The third kappa shape index (κ3) is 4.60. The van der Waals surface area contributed by atoms with Crippen LogP contribution >= 0.6 is 11.3 Å². The second-order valence-corrected chi connectivity index (χ2v) is 7.11. The fourth-order valence-corrected chi connectivity index (χ4v) is 3.74. The number of aliphatic carboxylic acids is 1. The number of carboxylic acids is 1. The molecule has 0 atom stereocenters. The monoisotopic (exact) mass is 466 g/mol. The highest BCUT2D eigenvalue weighted by molar-refractivity contribution is 7.16. The number of aromatic nitrogens is 1. The Morgan fingerprint density at radius 2 is 1.71 bits per heavy atom. The zero-order valence-electron chi connectivity index (χ0n) is 14.9. The predicted octanol–water partition coefficient (Wildman–Crippen LogP) is 4.71. The van der Waals surface area contributed by atoms with Gasteiger partial charge in [-0.05, 0) is 30.3 Å². The molecule has 13 heteroatoms. The molecule has 0 aliphatic carbocycles. The lowest BCUT2D eigenvalue weighted by Gasteiger charge is -2.08. The molecule has 0 aliphatic heterocycles. The summed E-state index contributed by atoms with van der Waals surface area (Å²) in [7, 11) is 0. The molecule has 0 spiro atoms. The molecule has 5 nitrogen and oxygen atoms in total. The molecule has 1 aromatic heterocycles. The predicted molar refractivity (Wildman–Crippen MR) is 93.7 cm³/mol. The van der Waals surface area contributed by atoms with Gasteiger partial charge >= 0.3 is 18.3 Å². The van der Waals surface area contributed by atoms with Crippen molar-refractivity contribution in [3.63, 3.8) is 0 Å². The maximum absolute atomic E-state index is 14.4. The average Bonchev–Trinajstić information content (AvgIpc) is 2.98. The Kier molecular flexibility index (Phi) is 5.65. The van der Waals surface area contributed by atoms with Gasteiger partial charge in [-0.2, -0.15) is 31.3 Å². The lowest BCUT2D eigenvalue weighted by Crippen LogP contribution is -2.21. The van der Waals surface area contributed by atoms with Gasteiger partial charge in [0.25, 0.3) is 5.91 Å². The van der Waals surface area contributed by atoms with Crippen LogP contribution in [0.4, 0.5) is 30.7 Å². The molecule has 1 heterocycles. The van der Waals surface area contributed by atoms with Crippen LogP contribution in [-0.2, 0) is 23.7 Å². The summed E-state index contributed by atoms with van der Waals surface area (Å²) >= 11 is 0.270. The van der Waals surface area contributed by atoms with Crippen molar-refractivity contribution in [3.8, 4) is 0 Å². The molecule has 3 aromatic rings. The standard InChI is InChI=1S/C18H9F7N2O3S/c19-13-10(18(23,24)25)4-5-11-14(13)31-16(27(11)7-12(28)29)26-15(30)8-2-1-3-9(6-8)17(20,21)22/h1-6H,7H2,(H,28,29). The molecule has 0 radical (unpaired) electrons. The molecule has 31 heavy (non-hydrogen) atoms. The van der Waals surface area contributed by atoms with Crippen molar-refractivity contribution in [2.24, 2.45) is 4.99 Å². The topological polar surface area (TPSA) is 71.7 Å². The minimum atomic E-state index is -5.02. The summed E-state index contributed by atoms with van der Waals surface area (Å²) in [6.45, 7) is -0.875. The molecule has 3 rings (SSSR count). The zero-order chi connectivity index (χ0) is 23.1. The Morgan fingerprint density at radius 3 is 2.29 bits per heavy atom. The maximum Gasteiger partial charge on any atom is 0.419 e. The molecule has 164 valence electrons. The number of amides is 1. The average molecular weight is 466 g/mol. The van der Waals surface area contributed by atoms with E-state index in [-0.39, 0.29) is 16.9 Å². The normalized spacial score (nSPS) is 13.1. The quantitative estimate of drug-likeness (QED) is 0.569. The minimum Gasteiger partial charge on any atom is -0.480 e. The van der Waals surface area contributed by atoms with Gasteiger partial charge in [0.15, 0.2) is 10.6 Å². The lowest BCUT2D eigenvalue weighted by atomic mass is 10.1. The Morgan fingerprint density at radius 1 is 1.03 bits per heavy atom. The van der Waals surface area contributed by atoms with Gasteiger partial charge in [0.05, 0.1) is 21.3 Å². The Balaban J connectivity index is 2.21. The summed E-state index contributed by atoms with van der Waals surface area (Å²) in [6.07, 6.45) is -9.76. The number of halogens is 7. The first-order valence-corrected chi connectivity index (χ1v) is 8.98. The van der Waals surface area contributed by atoms with Crippen molar-refractivity contribution in [1.29, 1.82) is 0 Å². The fourth-order valence-electron chi connectivity index (χ4n) is 2.68. The van der Waals surface area contributed by atoms with E-state index < -0.39 is 62.8 Å². The molecule has 0 aliphatic rings. The Hall–Kier alpha value is -3.22. The number of thiazole rings is 1. The first-order valence-electron chi connectivity index (χ1n) is 8.16. The number of fused-ring (bicyclic) bond motifs is 1. The van der Waals surface area contributed by atoms with Crippen LogP contribution in [0.25, 0.3) is 10.2 Å². The van der Waals surface area contributed by atoms with Crippen LogP contribution in [-0.4, -0.2) is 21.6 Å². The van der Waals surface area contributed by atoms with E-state index in [1.165, 1.54) is 0 Å². The van der Waals surface area contributed by atoms with Gasteiger partial charge in [-0.25, -0.2) is 4.39 Å². The molecule has 0 fully saturated rings. The Labute approximate surface area is 171 Å². The van der Waals surface area contributed by atoms with Gasteiger partial charge in [-0.3, -0.25) is 9.59 Å². The third-order valence-corrected chi connectivity index (χ3v) is 5.11. The third-order valence-electron chi connectivity index (χ3n) is 4.02. The molecule has 0 saturated carbocycles. The number of hydrogen-bond acceptors (Lipinski definition) is 3. The number of carboxylic acid groups (broad SMARTS) is 1. The second-order valence-electron chi connectivity index (χ2n) is 6.13. The lowest BCUT2D eigenvalue weighted by molar-refractivity contribution is -0.140. The summed E-state index contributed by atoms with van der Waals surface area (Å²) in [5.41, 5.74) is -3.50. The highest BCUT2D eigenvalue weighted by Gasteiger charge is 2.35. The first kappa shape index (κ1) is 22.5. The molecule has 1 N–H and O–H groups in total. The number of alkyl halides is 6. The van der Waals surface area contributed by atoms with Crippen molar-refractivity contribution >= 4 is 33.4 Å². The summed E-state index contributed by atoms with van der Waals surface area (Å²) < 4.78 is 92.0. The maximum atomic E-state index is 14.4. The highest BCUT2D eigenvalue weighted by Crippen LogP contribution is 2.35. The number of carbonyl (C=O) groups is 2. The van der Waals surface area contributed by atoms with E-state index in [1.807, 2.05) is 0 Å². The van der Waals surface area contributed by atoms with Crippen LogP contribution in [0.3, 0.4) is 0 Å². The summed E-state index contributed by atoms with van der Waals surface area (Å²) in [5, 5.41) is 9.06. The van der Waals surface area contributed by atoms with Crippen LogP contribution in [0.15, 0.2) is 41.4 Å². The molecule has 0 unspecified atom stereocenters. The van der Waals surface area contributed by atoms with Crippen molar-refractivity contribution in [3.05, 3.63) is 63.7 Å². The second kappa shape index (κ2) is 7.80. The van der Waals surface area contributed by atoms with Gasteiger partial charge in [0.1, 0.15) is 6.54 Å². The number of carbonyl (C=O) groups excluding carboxylic acids is 1. The van der Waals surface area contributed by atoms with Gasteiger partial charge in [0, 0.05) is 5.56 Å². The van der Waals surface area contributed by atoms with Gasteiger partial charge in [0.2, 0.25) is 0 Å². The number of rotatable bonds is 3. The van der Waals surface area contributed by atoms with Gasteiger partial charge in [-0.1, -0.05) is 17.4 Å². The van der Waals surface area contributed by atoms with Crippen LogP contribution < -0.4 is 4.80 Å². The van der Waals surface area contributed by atoms with Crippen molar-refractivity contribution in [1.82, 2.24) is 4.57 Å². The van der Waals surface area contributed by atoms with Crippen LogP contribution in [0.2, 0.25) is 0 Å². The molecule has 0 bridgehead atoms. The van der Waals surface area contributed by atoms with Crippen LogP contribution in [0.1, 0.15) is 21.5 Å². The van der Waals surface area contributed by atoms with E-state index >= 15 is 0 Å². The molecular formula is C18H9F7N2O3S. The molecule has 1 amide bonds. The number of benzene rings is 2. The van der Waals surface area contributed by atoms with E-state index in [0.717, 1.165) is 28.8 Å². The van der Waals surface area contributed by atoms with E-state index in [9.17, 15) is 40.3 Å². The summed E-state index contributed by atoms with van der Waals surface area (Å²) in [5.74, 6) is -4.36. The van der Waals surface area contributed by atoms with E-state index in [1.54, 1.807) is 0 Å². The van der Waals surface area contributed by atoms with E-state index in [2.05, 4.69) is 4.99 Å². The first-order chi connectivity index (χ1) is 14.3. The number of nitrogens with zero attached hydrogens (tertiary/aromatic N) is 2. The number of hydrogen-bond donors (Lipinski definition) is 1. The van der Waals surface area contributed by atoms with E-state index in [4.69, 9.17) is 5.11 Å². The largest absolute Gasteiger partial charge is 0.480 e. The minimum absolute atomic E-state index is 0.270. The molecular weight excluding hydrogens is 457 g/mol. The fraction of sp³-hybridized carbons (Fsp3) is 0.167. The SMILES string of the molecule is O=C(O)Cn1c(=NC(=O)c2cccc(C(F)(F)F)c2)sc2c(F)c(C(F)(F)F)ccc21. The van der Waals surface area contributed by atoms with Crippen molar-refractivity contribution < 1.29 is 45.4 Å². The van der Waals surface area contributed by atoms with Gasteiger partial charge < -0.3 is 9.67 Å². The zero-order valence-corrected chi connectivity index (χ0v) is 15.7. The molecule has 2 aromatic carbocycles. The smallest absolute Gasteiger partial charge is 0.419 e. The van der Waals surface area contributed by atoms with E-state index in [0.29, 0.717) is 12.1 Å². The van der Waals surface area contributed by atoms with Crippen LogP contribution in [0.5, 0.6) is 0 Å². The highest BCUT2D eigenvalue weighted by atomic mass is 32.1. The van der Waals surface area contributed by atoms with Crippen molar-refractivity contribution in [2.45, 2.75) is 18.9 Å². The van der Waals surface area contributed by atoms with Crippen LogP contribution in [0, 0.1) is 5.82 Å². The van der Waals surface area contributed by atoms with Gasteiger partial charge in [-0.15, -0.1) is 0 Å². The summed E-state index contributed by atoms with van der Waals surface area (Å²) in [6, 6.07) is 4.46.